The van der Waals surface area contributed by atoms with Gasteiger partial charge in [-0.25, -0.2) is 0 Å². The largest absolute Gasteiger partial charge is 0.462 e. The van der Waals surface area contributed by atoms with Gasteiger partial charge >= 0.3 is 17.9 Å². The van der Waals surface area contributed by atoms with E-state index in [0.29, 0.717) is 19.3 Å². The van der Waals surface area contributed by atoms with Crippen LogP contribution in [0.1, 0.15) is 387 Å². The third-order valence-electron chi connectivity index (χ3n) is 16.2. The van der Waals surface area contributed by atoms with E-state index < -0.39 is 6.10 Å². The van der Waals surface area contributed by atoms with Crippen LogP contribution in [0.25, 0.3) is 0 Å². The van der Waals surface area contributed by atoms with E-state index in [2.05, 4.69) is 81.5 Å². The van der Waals surface area contributed by atoms with E-state index in [1.54, 1.807) is 0 Å². The lowest BCUT2D eigenvalue weighted by molar-refractivity contribution is -0.167. The van der Waals surface area contributed by atoms with E-state index >= 15 is 0 Å². The standard InChI is InChI=1S/C76H138O6/c1-4-7-10-13-16-19-22-25-28-31-34-36-37-38-39-41-42-45-48-51-54-57-60-63-66-69-75(78)81-72-73(71-80-74(77)68-65-62-59-56-53-50-47-44-33-30-27-24-21-18-15-12-9-6-3)82-76(79)70-67-64-61-58-55-52-49-46-43-40-35-32-29-26-23-20-17-14-11-8-5-2/h22-23,25-26,31-32,34-35,43,46,73H,4-21,24,27-30,33,36-42,44-45,47-72H2,1-3H3/b25-22-,26-23-,34-31-,35-32-,46-43-. The van der Waals surface area contributed by atoms with Crippen LogP contribution in [0.5, 0.6) is 0 Å². The van der Waals surface area contributed by atoms with Crippen molar-refractivity contribution in [3.8, 4) is 0 Å². The molecule has 0 aromatic rings. The van der Waals surface area contributed by atoms with Crippen molar-refractivity contribution >= 4 is 17.9 Å². The Labute approximate surface area is 510 Å². The maximum atomic E-state index is 13.0. The molecule has 0 aliphatic heterocycles. The summed E-state index contributed by atoms with van der Waals surface area (Å²) < 4.78 is 17.0. The van der Waals surface area contributed by atoms with Gasteiger partial charge in [0.15, 0.2) is 6.10 Å². The molecule has 0 saturated heterocycles. The van der Waals surface area contributed by atoms with Crippen molar-refractivity contribution in [3.05, 3.63) is 60.8 Å². The predicted molar refractivity (Wildman–Crippen MR) is 358 cm³/mol. The minimum absolute atomic E-state index is 0.0755. The number of esters is 3. The molecule has 0 bridgehead atoms. The molecule has 0 heterocycles. The van der Waals surface area contributed by atoms with Gasteiger partial charge in [0.1, 0.15) is 13.2 Å². The van der Waals surface area contributed by atoms with Crippen LogP contribution in [0.15, 0.2) is 60.8 Å². The van der Waals surface area contributed by atoms with Crippen LogP contribution in [-0.4, -0.2) is 37.2 Å². The highest BCUT2D eigenvalue weighted by atomic mass is 16.6. The van der Waals surface area contributed by atoms with Crippen molar-refractivity contribution in [2.75, 3.05) is 13.2 Å². The molecule has 6 nitrogen and oxygen atoms in total. The number of rotatable bonds is 67. The first-order valence-electron chi connectivity index (χ1n) is 36.3. The predicted octanol–water partition coefficient (Wildman–Crippen LogP) is 25.1. The Balaban J connectivity index is 4.34. The summed E-state index contributed by atoms with van der Waals surface area (Å²) in [5, 5.41) is 0. The summed E-state index contributed by atoms with van der Waals surface area (Å²) in [6.45, 7) is 6.68. The molecule has 1 unspecified atom stereocenters. The molecule has 0 radical (unpaired) electrons. The Morgan fingerprint density at radius 3 is 0.683 bits per heavy atom. The fraction of sp³-hybridized carbons (Fsp3) is 0.829. The van der Waals surface area contributed by atoms with Crippen LogP contribution in [0, 0.1) is 0 Å². The van der Waals surface area contributed by atoms with Crippen molar-refractivity contribution in [1.82, 2.24) is 0 Å². The van der Waals surface area contributed by atoms with Gasteiger partial charge in [0.25, 0.3) is 0 Å². The van der Waals surface area contributed by atoms with E-state index in [1.165, 1.54) is 263 Å². The molecule has 82 heavy (non-hydrogen) atoms. The Hall–Kier alpha value is -2.89. The molecule has 0 aromatic carbocycles. The molecule has 0 amide bonds. The van der Waals surface area contributed by atoms with Gasteiger partial charge < -0.3 is 14.2 Å². The zero-order chi connectivity index (χ0) is 59.2. The molecule has 1 atom stereocenters. The van der Waals surface area contributed by atoms with Crippen LogP contribution in [0.3, 0.4) is 0 Å². The number of hydrogen-bond donors (Lipinski definition) is 0. The second kappa shape index (κ2) is 70.6. The molecule has 0 rings (SSSR count). The summed E-state index contributed by atoms with van der Waals surface area (Å²) in [5.41, 5.74) is 0. The maximum Gasteiger partial charge on any atom is 0.306 e. The molecule has 0 spiro atoms. The molecule has 0 aromatic heterocycles. The Morgan fingerprint density at radius 1 is 0.244 bits per heavy atom. The summed E-state index contributed by atoms with van der Waals surface area (Å²) in [6.07, 6.45) is 91.0. The monoisotopic (exact) mass is 1150 g/mol. The van der Waals surface area contributed by atoms with E-state index in [-0.39, 0.29) is 31.1 Å². The third kappa shape index (κ3) is 67.9. The van der Waals surface area contributed by atoms with Gasteiger partial charge in [-0.3, -0.25) is 14.4 Å². The molecule has 0 saturated carbocycles. The van der Waals surface area contributed by atoms with Gasteiger partial charge in [-0.05, 0) is 89.9 Å². The number of carbonyl (C=O) groups excluding carboxylic acids is 3. The molecule has 0 aliphatic carbocycles. The van der Waals surface area contributed by atoms with E-state index in [9.17, 15) is 14.4 Å². The fourth-order valence-electron chi connectivity index (χ4n) is 10.8. The number of carbonyl (C=O) groups is 3. The summed E-state index contributed by atoms with van der Waals surface area (Å²) in [4.78, 5) is 38.5. The summed E-state index contributed by atoms with van der Waals surface area (Å²) in [7, 11) is 0. The number of allylic oxidation sites excluding steroid dienone is 10. The Kier molecular flexibility index (Phi) is 68.1. The quantitative estimate of drug-likeness (QED) is 0.0261. The number of ether oxygens (including phenoxy) is 3. The SMILES string of the molecule is CCCCCCC/C=C\C/C=C\C/C=C\CCCCCCCCC(=O)OC(COC(=O)CCCCCCCCCCCCCCC/C=C\C/C=C\CCCCCCC)COC(=O)CCCCCCCCCCCCCCCCCCCC. The van der Waals surface area contributed by atoms with Gasteiger partial charge in [0.05, 0.1) is 0 Å². The number of unbranched alkanes of at least 4 members (excludes halogenated alkanes) is 46. The average Bonchev–Trinajstić information content (AvgIpc) is 3.47. The molecule has 478 valence electrons. The Bertz CT molecular complexity index is 1460. The van der Waals surface area contributed by atoms with Gasteiger partial charge in [-0.15, -0.1) is 0 Å². The summed E-state index contributed by atoms with van der Waals surface area (Å²) in [6, 6.07) is 0. The van der Waals surface area contributed by atoms with Crippen LogP contribution < -0.4 is 0 Å². The highest BCUT2D eigenvalue weighted by Crippen LogP contribution is 2.18. The fourth-order valence-corrected chi connectivity index (χ4v) is 10.8. The van der Waals surface area contributed by atoms with Crippen molar-refractivity contribution in [2.24, 2.45) is 0 Å². The third-order valence-corrected chi connectivity index (χ3v) is 16.2. The second-order valence-corrected chi connectivity index (χ2v) is 24.5. The lowest BCUT2D eigenvalue weighted by atomic mass is 10.0. The van der Waals surface area contributed by atoms with E-state index in [4.69, 9.17) is 14.2 Å². The van der Waals surface area contributed by atoms with Gasteiger partial charge in [-0.1, -0.05) is 338 Å². The first-order chi connectivity index (χ1) is 40.5. The summed E-state index contributed by atoms with van der Waals surface area (Å²) >= 11 is 0. The second-order valence-electron chi connectivity index (χ2n) is 24.5. The van der Waals surface area contributed by atoms with Crippen LogP contribution >= 0.6 is 0 Å². The molecule has 6 heteroatoms. The smallest absolute Gasteiger partial charge is 0.306 e. The zero-order valence-electron chi connectivity index (χ0n) is 55.0. The lowest BCUT2D eigenvalue weighted by Crippen LogP contribution is -2.30. The summed E-state index contributed by atoms with van der Waals surface area (Å²) in [5.74, 6) is -0.862. The van der Waals surface area contributed by atoms with Gasteiger partial charge in [0.2, 0.25) is 0 Å². The van der Waals surface area contributed by atoms with Crippen molar-refractivity contribution < 1.29 is 28.6 Å². The normalized spacial score (nSPS) is 12.4. The topological polar surface area (TPSA) is 78.9 Å². The highest BCUT2D eigenvalue weighted by Gasteiger charge is 2.19. The van der Waals surface area contributed by atoms with Crippen LogP contribution in [-0.2, 0) is 28.6 Å². The van der Waals surface area contributed by atoms with E-state index in [1.807, 2.05) is 0 Å². The van der Waals surface area contributed by atoms with Gasteiger partial charge in [0, 0.05) is 19.3 Å². The minimum Gasteiger partial charge on any atom is -0.462 e. The maximum absolute atomic E-state index is 13.0. The van der Waals surface area contributed by atoms with Crippen LogP contribution in [0.4, 0.5) is 0 Å². The van der Waals surface area contributed by atoms with Crippen molar-refractivity contribution in [2.45, 2.75) is 393 Å². The van der Waals surface area contributed by atoms with Crippen LogP contribution in [0.2, 0.25) is 0 Å². The average molecular weight is 1150 g/mol. The minimum atomic E-state index is -0.782. The Morgan fingerprint density at radius 2 is 0.439 bits per heavy atom. The van der Waals surface area contributed by atoms with Crippen molar-refractivity contribution in [1.29, 1.82) is 0 Å². The molecular formula is C76H138O6. The van der Waals surface area contributed by atoms with Crippen molar-refractivity contribution in [3.63, 3.8) is 0 Å². The molecular weight excluding hydrogens is 1010 g/mol. The zero-order valence-corrected chi connectivity index (χ0v) is 55.0. The first kappa shape index (κ1) is 79.1. The van der Waals surface area contributed by atoms with E-state index in [0.717, 1.165) is 83.5 Å². The highest BCUT2D eigenvalue weighted by molar-refractivity contribution is 5.71. The lowest BCUT2D eigenvalue weighted by Gasteiger charge is -2.18. The molecule has 0 aliphatic rings. The van der Waals surface area contributed by atoms with Gasteiger partial charge in [-0.2, -0.15) is 0 Å². The molecule has 0 N–H and O–H groups in total. The molecule has 0 fully saturated rings. The first-order valence-corrected chi connectivity index (χ1v) is 36.3. The number of hydrogen-bond acceptors (Lipinski definition) is 6.